The summed E-state index contributed by atoms with van der Waals surface area (Å²) in [6.07, 6.45) is 8.92. The van der Waals surface area contributed by atoms with Crippen LogP contribution < -0.4 is 11.1 Å². The topological polar surface area (TPSA) is 132 Å². The Bertz CT molecular complexity index is 885. The summed E-state index contributed by atoms with van der Waals surface area (Å²) in [6, 6.07) is 8.93. The van der Waals surface area contributed by atoms with E-state index >= 15 is 0 Å². The molecule has 3 heterocycles. The van der Waals surface area contributed by atoms with Crippen molar-refractivity contribution in [1.82, 2.24) is 30.4 Å². The highest BCUT2D eigenvalue weighted by Crippen LogP contribution is 2.15. The van der Waals surface area contributed by atoms with E-state index in [-0.39, 0.29) is 5.91 Å². The molecule has 0 unspecified atom stereocenters. The van der Waals surface area contributed by atoms with Gasteiger partial charge >= 0.3 is 0 Å². The van der Waals surface area contributed by atoms with Crippen molar-refractivity contribution in [2.75, 3.05) is 11.9 Å². The number of nitrogens with one attached hydrogen (secondary N) is 1. The third-order valence-electron chi connectivity index (χ3n) is 4.26. The van der Waals surface area contributed by atoms with Gasteiger partial charge in [-0.1, -0.05) is 25.3 Å². The first-order chi connectivity index (χ1) is 14.3. The molecule has 3 rings (SSSR count). The highest BCUT2D eigenvalue weighted by molar-refractivity contribution is 5.90. The average Bonchev–Trinajstić information content (AvgIpc) is 2.77. The van der Waals surface area contributed by atoms with Crippen LogP contribution in [0.5, 0.6) is 0 Å². The van der Waals surface area contributed by atoms with Gasteiger partial charge in [0.1, 0.15) is 11.4 Å². The lowest BCUT2D eigenvalue weighted by atomic mass is 10.1. The van der Waals surface area contributed by atoms with Crippen LogP contribution in [0.4, 0.5) is 5.69 Å². The fraction of sp³-hybridized carbons (Fsp3) is 0.350. The van der Waals surface area contributed by atoms with Gasteiger partial charge < -0.3 is 11.1 Å². The SMILES string of the molecule is NCCCCCCCC(=O)Nc1ccc(-c2nnc(-c3ccccn3)nn2)nc1. The summed E-state index contributed by atoms with van der Waals surface area (Å²) < 4.78 is 0. The van der Waals surface area contributed by atoms with Crippen LogP contribution in [-0.2, 0) is 4.79 Å². The van der Waals surface area contributed by atoms with Crippen LogP contribution in [0, 0.1) is 0 Å². The van der Waals surface area contributed by atoms with Gasteiger partial charge in [0.15, 0.2) is 0 Å². The predicted octanol–water partition coefficient (Wildman–Crippen LogP) is 2.63. The Morgan fingerprint density at radius 1 is 0.828 bits per heavy atom. The summed E-state index contributed by atoms with van der Waals surface area (Å²) >= 11 is 0. The molecule has 9 heteroatoms. The highest BCUT2D eigenvalue weighted by Gasteiger charge is 2.09. The molecule has 0 aliphatic carbocycles. The lowest BCUT2D eigenvalue weighted by molar-refractivity contribution is -0.116. The van der Waals surface area contributed by atoms with Crippen molar-refractivity contribution in [3.63, 3.8) is 0 Å². The second-order valence-electron chi connectivity index (χ2n) is 6.55. The van der Waals surface area contributed by atoms with Crippen molar-refractivity contribution < 1.29 is 4.79 Å². The van der Waals surface area contributed by atoms with E-state index in [1.807, 2.05) is 12.1 Å². The molecule has 0 atom stereocenters. The molecule has 3 aromatic heterocycles. The fourth-order valence-electron chi connectivity index (χ4n) is 2.71. The van der Waals surface area contributed by atoms with Crippen LogP contribution in [-0.4, -0.2) is 42.8 Å². The Morgan fingerprint density at radius 2 is 1.52 bits per heavy atom. The summed E-state index contributed by atoms with van der Waals surface area (Å²) in [5.74, 6) is 0.638. The van der Waals surface area contributed by atoms with Crippen molar-refractivity contribution in [3.05, 3.63) is 42.7 Å². The van der Waals surface area contributed by atoms with Crippen LogP contribution in [0.3, 0.4) is 0 Å². The van der Waals surface area contributed by atoms with Gasteiger partial charge in [0, 0.05) is 12.6 Å². The predicted molar refractivity (Wildman–Crippen MR) is 109 cm³/mol. The summed E-state index contributed by atoms with van der Waals surface area (Å²) in [4.78, 5) is 20.5. The van der Waals surface area contributed by atoms with E-state index in [4.69, 9.17) is 5.73 Å². The van der Waals surface area contributed by atoms with Gasteiger partial charge in [-0.3, -0.25) is 14.8 Å². The van der Waals surface area contributed by atoms with Crippen molar-refractivity contribution in [3.8, 4) is 23.0 Å². The van der Waals surface area contributed by atoms with Crippen molar-refractivity contribution in [1.29, 1.82) is 0 Å². The third kappa shape index (κ3) is 6.35. The number of carbonyl (C=O) groups is 1. The second-order valence-corrected chi connectivity index (χ2v) is 6.55. The van der Waals surface area contributed by atoms with E-state index in [1.54, 1.807) is 30.6 Å². The Morgan fingerprint density at radius 3 is 2.14 bits per heavy atom. The van der Waals surface area contributed by atoms with E-state index in [9.17, 15) is 4.79 Å². The number of aromatic nitrogens is 6. The molecule has 0 aliphatic rings. The monoisotopic (exact) mass is 392 g/mol. The first kappa shape index (κ1) is 20.4. The smallest absolute Gasteiger partial charge is 0.224 e. The fourth-order valence-corrected chi connectivity index (χ4v) is 2.71. The number of nitrogens with two attached hydrogens (primary N) is 1. The molecule has 0 spiro atoms. The van der Waals surface area contributed by atoms with Gasteiger partial charge in [0.2, 0.25) is 17.6 Å². The maximum Gasteiger partial charge on any atom is 0.224 e. The normalized spacial score (nSPS) is 10.7. The second kappa shape index (κ2) is 10.9. The first-order valence-corrected chi connectivity index (χ1v) is 9.71. The van der Waals surface area contributed by atoms with Gasteiger partial charge in [-0.25, -0.2) is 0 Å². The maximum absolute atomic E-state index is 12.0. The van der Waals surface area contributed by atoms with E-state index in [2.05, 4.69) is 35.7 Å². The largest absolute Gasteiger partial charge is 0.330 e. The Balaban J connectivity index is 1.50. The van der Waals surface area contributed by atoms with Crippen molar-refractivity contribution in [2.24, 2.45) is 5.73 Å². The van der Waals surface area contributed by atoms with E-state index in [0.717, 1.165) is 38.6 Å². The summed E-state index contributed by atoms with van der Waals surface area (Å²) in [6.45, 7) is 0.731. The standard InChI is InChI=1S/C20H24N8O/c21-12-6-3-1-2-4-9-18(29)24-15-10-11-17(23-14-15)20-27-25-19(26-28-20)16-8-5-7-13-22-16/h5,7-8,10-11,13-14H,1-4,6,9,12,21H2,(H,24,29). The maximum atomic E-state index is 12.0. The Hall–Kier alpha value is -3.33. The highest BCUT2D eigenvalue weighted by atomic mass is 16.1. The van der Waals surface area contributed by atoms with Gasteiger partial charge in [0.05, 0.1) is 11.9 Å². The molecule has 1 amide bonds. The zero-order chi connectivity index (χ0) is 20.3. The number of rotatable bonds is 10. The molecule has 0 bridgehead atoms. The molecule has 0 aliphatic heterocycles. The van der Waals surface area contributed by atoms with Crippen LogP contribution in [0.1, 0.15) is 38.5 Å². The molecule has 0 saturated carbocycles. The summed E-state index contributed by atoms with van der Waals surface area (Å²) in [5, 5.41) is 19.1. The molecule has 3 N–H and O–H groups in total. The number of amides is 1. The summed E-state index contributed by atoms with van der Waals surface area (Å²) in [5.41, 5.74) is 7.23. The van der Waals surface area contributed by atoms with Gasteiger partial charge in [-0.15, -0.1) is 20.4 Å². The summed E-state index contributed by atoms with van der Waals surface area (Å²) in [7, 11) is 0. The number of hydrogen-bond acceptors (Lipinski definition) is 8. The minimum Gasteiger partial charge on any atom is -0.330 e. The van der Waals surface area contributed by atoms with Crippen molar-refractivity contribution >= 4 is 11.6 Å². The van der Waals surface area contributed by atoms with Gasteiger partial charge in [-0.2, -0.15) is 0 Å². The number of anilines is 1. The van der Waals surface area contributed by atoms with Crippen LogP contribution in [0.2, 0.25) is 0 Å². The lowest BCUT2D eigenvalue weighted by Crippen LogP contribution is -2.11. The number of unbranched alkanes of at least 4 members (excludes halogenated alkanes) is 4. The van der Waals surface area contributed by atoms with Gasteiger partial charge in [-0.05, 0) is 43.7 Å². The molecule has 9 nitrogen and oxygen atoms in total. The number of pyridine rings is 2. The number of nitrogens with zero attached hydrogens (tertiary/aromatic N) is 6. The molecule has 29 heavy (non-hydrogen) atoms. The van der Waals surface area contributed by atoms with Crippen LogP contribution in [0.25, 0.3) is 23.0 Å². The zero-order valence-corrected chi connectivity index (χ0v) is 16.2. The molecule has 3 aromatic rings. The molecule has 0 aromatic carbocycles. The zero-order valence-electron chi connectivity index (χ0n) is 16.2. The van der Waals surface area contributed by atoms with Crippen molar-refractivity contribution in [2.45, 2.75) is 38.5 Å². The number of hydrogen-bond donors (Lipinski definition) is 2. The lowest BCUT2D eigenvalue weighted by Gasteiger charge is -2.06. The molecule has 0 saturated heterocycles. The van der Waals surface area contributed by atoms with E-state index in [1.165, 1.54) is 0 Å². The number of carbonyl (C=O) groups excluding carboxylic acids is 1. The minimum absolute atomic E-state index is 0.0160. The molecule has 0 radical (unpaired) electrons. The molecule has 0 fully saturated rings. The first-order valence-electron chi connectivity index (χ1n) is 9.71. The third-order valence-corrected chi connectivity index (χ3v) is 4.26. The molecular weight excluding hydrogens is 368 g/mol. The minimum atomic E-state index is -0.0160. The Labute approximate surface area is 169 Å². The Kier molecular flexibility index (Phi) is 7.64. The van der Waals surface area contributed by atoms with E-state index in [0.29, 0.717) is 35.1 Å². The quantitative estimate of drug-likeness (QED) is 0.503. The molecular formula is C20H24N8O. The van der Waals surface area contributed by atoms with Crippen LogP contribution >= 0.6 is 0 Å². The molecule has 150 valence electrons. The van der Waals surface area contributed by atoms with E-state index < -0.39 is 0 Å². The van der Waals surface area contributed by atoms with Gasteiger partial charge in [0.25, 0.3) is 0 Å². The van der Waals surface area contributed by atoms with Crippen LogP contribution in [0.15, 0.2) is 42.7 Å². The average molecular weight is 392 g/mol.